The lowest BCUT2D eigenvalue weighted by molar-refractivity contribution is -0.130. The number of hydrogen-bond donors (Lipinski definition) is 0. The van der Waals surface area contributed by atoms with Gasteiger partial charge < -0.3 is 9.64 Å². The number of carbonyl (C=O) groups excluding carboxylic acids is 1. The molecule has 23 heavy (non-hydrogen) atoms. The van der Waals surface area contributed by atoms with Crippen molar-refractivity contribution in [1.29, 1.82) is 0 Å². The van der Waals surface area contributed by atoms with Crippen LogP contribution in [0.3, 0.4) is 0 Å². The van der Waals surface area contributed by atoms with Gasteiger partial charge in [-0.2, -0.15) is 0 Å². The van der Waals surface area contributed by atoms with Crippen LogP contribution in [0.2, 0.25) is 0 Å². The molecule has 0 unspecified atom stereocenters. The zero-order valence-corrected chi connectivity index (χ0v) is 13.4. The smallest absolute Gasteiger partial charge is 0.234 e. The van der Waals surface area contributed by atoms with Crippen molar-refractivity contribution in [1.82, 2.24) is 4.90 Å². The van der Waals surface area contributed by atoms with Gasteiger partial charge in [-0.1, -0.05) is 48.5 Å². The van der Waals surface area contributed by atoms with Crippen LogP contribution >= 0.6 is 0 Å². The third-order valence-electron chi connectivity index (χ3n) is 5.08. The largest absolute Gasteiger partial charge is 0.384 e. The summed E-state index contributed by atoms with van der Waals surface area (Å²) in [5.74, 6) is 0.556. The van der Waals surface area contributed by atoms with Gasteiger partial charge in [0.15, 0.2) is 0 Å². The Bertz CT molecular complexity index is 694. The van der Waals surface area contributed by atoms with Gasteiger partial charge in [-0.15, -0.1) is 0 Å². The number of nitrogens with zero attached hydrogens (tertiary/aromatic N) is 1. The van der Waals surface area contributed by atoms with E-state index in [0.717, 1.165) is 37.2 Å². The molecule has 0 N–H and O–H groups in total. The molecule has 1 fully saturated rings. The first-order valence-corrected chi connectivity index (χ1v) is 8.25. The van der Waals surface area contributed by atoms with E-state index in [2.05, 4.69) is 24.3 Å². The molecule has 3 heteroatoms. The van der Waals surface area contributed by atoms with Crippen LogP contribution in [0.15, 0.2) is 48.5 Å². The molecule has 1 saturated heterocycles. The lowest BCUT2D eigenvalue weighted by atomic mass is 9.95. The lowest BCUT2D eigenvalue weighted by Gasteiger charge is -2.22. The fourth-order valence-corrected chi connectivity index (χ4v) is 4.01. The van der Waals surface area contributed by atoms with Crippen LogP contribution in [0, 0.1) is 5.92 Å². The van der Waals surface area contributed by atoms with Gasteiger partial charge in [-0.3, -0.25) is 4.79 Å². The molecule has 4 rings (SSSR count). The predicted octanol–water partition coefficient (Wildman–Crippen LogP) is 3.29. The van der Waals surface area contributed by atoms with Gasteiger partial charge in [0.2, 0.25) is 5.91 Å². The van der Waals surface area contributed by atoms with E-state index in [-0.39, 0.29) is 11.8 Å². The summed E-state index contributed by atoms with van der Waals surface area (Å²) < 4.78 is 5.25. The maximum absolute atomic E-state index is 13.2. The zero-order chi connectivity index (χ0) is 15.8. The van der Waals surface area contributed by atoms with Crippen molar-refractivity contribution >= 4 is 5.91 Å². The maximum atomic E-state index is 13.2. The van der Waals surface area contributed by atoms with E-state index in [9.17, 15) is 4.79 Å². The van der Waals surface area contributed by atoms with E-state index in [4.69, 9.17) is 4.74 Å². The summed E-state index contributed by atoms with van der Waals surface area (Å²) in [5.41, 5.74) is 4.70. The Balaban J connectivity index is 1.68. The van der Waals surface area contributed by atoms with Crippen LogP contribution in [0.25, 0.3) is 11.1 Å². The monoisotopic (exact) mass is 307 g/mol. The fourth-order valence-electron chi connectivity index (χ4n) is 4.01. The summed E-state index contributed by atoms with van der Waals surface area (Å²) in [5, 5.41) is 0. The Kier molecular flexibility index (Phi) is 3.66. The summed E-state index contributed by atoms with van der Waals surface area (Å²) >= 11 is 0. The Morgan fingerprint density at radius 3 is 2.30 bits per heavy atom. The molecule has 1 heterocycles. The number of methoxy groups -OCH3 is 1. The minimum absolute atomic E-state index is 0.149. The molecule has 0 bridgehead atoms. The van der Waals surface area contributed by atoms with Gasteiger partial charge in [-0.25, -0.2) is 0 Å². The molecule has 0 aromatic heterocycles. The average molecular weight is 307 g/mol. The quantitative estimate of drug-likeness (QED) is 0.871. The molecule has 3 nitrogen and oxygen atoms in total. The second-order valence-corrected chi connectivity index (χ2v) is 6.50. The fraction of sp³-hybridized carbons (Fsp3) is 0.350. The van der Waals surface area contributed by atoms with E-state index in [1.165, 1.54) is 11.1 Å². The second kappa shape index (κ2) is 5.82. The lowest BCUT2D eigenvalue weighted by Crippen LogP contribution is -2.33. The van der Waals surface area contributed by atoms with E-state index >= 15 is 0 Å². The van der Waals surface area contributed by atoms with Crippen LogP contribution in [0.1, 0.15) is 23.5 Å². The number of ether oxygens (including phenoxy) is 1. The normalized spacial score (nSPS) is 19.7. The first-order valence-electron chi connectivity index (χ1n) is 8.25. The zero-order valence-electron chi connectivity index (χ0n) is 13.4. The number of amides is 1. The van der Waals surface area contributed by atoms with E-state index in [0.29, 0.717) is 5.92 Å². The standard InChI is InChI=1S/C20H21NO2/c1-23-13-14-10-11-21(12-14)20(22)19-17-8-4-2-6-15(17)16-7-3-5-9-18(16)19/h2-9,14,19H,10-13H2,1H3/t14-/m1/s1. The number of fused-ring (bicyclic) bond motifs is 3. The van der Waals surface area contributed by atoms with Crippen molar-refractivity contribution in [3.8, 4) is 11.1 Å². The summed E-state index contributed by atoms with van der Waals surface area (Å²) in [4.78, 5) is 15.2. The molecule has 1 aliphatic heterocycles. The molecule has 2 aromatic rings. The van der Waals surface area contributed by atoms with Crippen molar-refractivity contribution in [2.45, 2.75) is 12.3 Å². The Hall–Kier alpha value is -2.13. The SMILES string of the molecule is COC[C@@H]1CCN(C(=O)C2c3ccccc3-c3ccccc32)C1. The topological polar surface area (TPSA) is 29.5 Å². The summed E-state index contributed by atoms with van der Waals surface area (Å²) in [6, 6.07) is 16.6. The van der Waals surface area contributed by atoms with Crippen LogP contribution in [-0.2, 0) is 9.53 Å². The van der Waals surface area contributed by atoms with E-state index < -0.39 is 0 Å². The second-order valence-electron chi connectivity index (χ2n) is 6.50. The van der Waals surface area contributed by atoms with Crippen molar-refractivity contribution in [3.63, 3.8) is 0 Å². The van der Waals surface area contributed by atoms with Gasteiger partial charge in [-0.05, 0) is 28.7 Å². The average Bonchev–Trinajstić information content (AvgIpc) is 3.17. The summed E-state index contributed by atoms with van der Waals surface area (Å²) in [6.45, 7) is 2.39. The Morgan fingerprint density at radius 1 is 1.09 bits per heavy atom. The van der Waals surface area contributed by atoms with E-state index in [1.54, 1.807) is 7.11 Å². The molecule has 1 atom stereocenters. The third kappa shape index (κ3) is 2.36. The minimum atomic E-state index is -0.149. The molecular formula is C20H21NO2. The highest BCUT2D eigenvalue weighted by Crippen LogP contribution is 2.45. The molecular weight excluding hydrogens is 286 g/mol. The highest BCUT2D eigenvalue weighted by Gasteiger charge is 2.38. The predicted molar refractivity (Wildman–Crippen MR) is 90.3 cm³/mol. The van der Waals surface area contributed by atoms with Gasteiger partial charge in [0.1, 0.15) is 0 Å². The number of rotatable bonds is 3. The van der Waals surface area contributed by atoms with Crippen molar-refractivity contribution < 1.29 is 9.53 Å². The summed E-state index contributed by atoms with van der Waals surface area (Å²) in [7, 11) is 1.73. The van der Waals surface area contributed by atoms with Gasteiger partial charge in [0.05, 0.1) is 12.5 Å². The first kappa shape index (κ1) is 14.5. The van der Waals surface area contributed by atoms with Gasteiger partial charge >= 0.3 is 0 Å². The molecule has 118 valence electrons. The molecule has 0 saturated carbocycles. The first-order chi connectivity index (χ1) is 11.3. The van der Waals surface area contributed by atoms with Crippen LogP contribution in [-0.4, -0.2) is 37.6 Å². The van der Waals surface area contributed by atoms with Crippen molar-refractivity contribution in [3.05, 3.63) is 59.7 Å². The highest BCUT2D eigenvalue weighted by atomic mass is 16.5. The molecule has 1 aliphatic carbocycles. The molecule has 1 amide bonds. The van der Waals surface area contributed by atoms with Gasteiger partial charge in [0, 0.05) is 26.1 Å². The third-order valence-corrected chi connectivity index (χ3v) is 5.08. The van der Waals surface area contributed by atoms with Crippen LogP contribution < -0.4 is 0 Å². The molecule has 0 radical (unpaired) electrons. The molecule has 0 spiro atoms. The van der Waals surface area contributed by atoms with Gasteiger partial charge in [0.25, 0.3) is 0 Å². The molecule has 2 aromatic carbocycles. The summed E-state index contributed by atoms with van der Waals surface area (Å²) in [6.07, 6.45) is 1.04. The van der Waals surface area contributed by atoms with Crippen LogP contribution in [0.4, 0.5) is 0 Å². The number of likely N-dealkylation sites (tertiary alicyclic amines) is 1. The number of benzene rings is 2. The highest BCUT2D eigenvalue weighted by molar-refractivity contribution is 5.96. The molecule has 2 aliphatic rings. The Morgan fingerprint density at radius 2 is 1.70 bits per heavy atom. The maximum Gasteiger partial charge on any atom is 0.234 e. The van der Waals surface area contributed by atoms with E-state index in [1.807, 2.05) is 29.2 Å². The van der Waals surface area contributed by atoms with Crippen molar-refractivity contribution in [2.75, 3.05) is 26.8 Å². The number of carbonyl (C=O) groups is 1. The minimum Gasteiger partial charge on any atom is -0.384 e. The van der Waals surface area contributed by atoms with Crippen LogP contribution in [0.5, 0.6) is 0 Å². The number of hydrogen-bond acceptors (Lipinski definition) is 2. The Labute approximate surface area is 136 Å². The van der Waals surface area contributed by atoms with Crippen molar-refractivity contribution in [2.24, 2.45) is 5.92 Å².